The van der Waals surface area contributed by atoms with E-state index in [0.29, 0.717) is 17.4 Å². The van der Waals surface area contributed by atoms with E-state index >= 15 is 0 Å². The first-order valence-electron chi connectivity index (χ1n) is 9.93. The Bertz CT molecular complexity index is 903. The highest BCUT2D eigenvalue weighted by Crippen LogP contribution is 2.65. The van der Waals surface area contributed by atoms with Crippen LogP contribution in [0, 0.1) is 35.5 Å². The summed E-state index contributed by atoms with van der Waals surface area (Å²) in [5.41, 5.74) is 0.455. The number of carbonyl (C=O) groups excluding carboxylic acids is 4. The zero-order valence-electron chi connectivity index (χ0n) is 15.6. The second-order valence-corrected chi connectivity index (χ2v) is 9.24. The summed E-state index contributed by atoms with van der Waals surface area (Å²) in [6.45, 7) is -0.338. The van der Waals surface area contributed by atoms with Crippen LogP contribution in [0.4, 0.5) is 0 Å². The van der Waals surface area contributed by atoms with Gasteiger partial charge in [-0.1, -0.05) is 40.2 Å². The lowest BCUT2D eigenvalue weighted by atomic mass is 9.63. The third-order valence-corrected chi connectivity index (χ3v) is 7.35. The number of esters is 1. The van der Waals surface area contributed by atoms with E-state index in [0.717, 1.165) is 10.9 Å². The zero-order chi connectivity index (χ0) is 20.3. The van der Waals surface area contributed by atoms with Gasteiger partial charge in [-0.2, -0.15) is 0 Å². The van der Waals surface area contributed by atoms with Crippen molar-refractivity contribution < 1.29 is 23.9 Å². The lowest BCUT2D eigenvalue weighted by molar-refractivity contribution is -0.145. The fraction of sp³-hybridized carbons (Fsp3) is 0.455. The Kier molecular flexibility index (Phi) is 4.46. The molecular weight excluding hydrogens is 438 g/mol. The summed E-state index contributed by atoms with van der Waals surface area (Å²) in [5, 5.41) is 0. The summed E-state index contributed by atoms with van der Waals surface area (Å²) in [6.07, 6.45) is 5.27. The Morgan fingerprint density at radius 3 is 2.17 bits per heavy atom. The third-order valence-electron chi connectivity index (χ3n) is 6.82. The van der Waals surface area contributed by atoms with E-state index in [4.69, 9.17) is 4.74 Å². The van der Waals surface area contributed by atoms with Gasteiger partial charge in [0.1, 0.15) is 0 Å². The van der Waals surface area contributed by atoms with Crippen molar-refractivity contribution in [2.75, 3.05) is 13.2 Å². The Morgan fingerprint density at radius 2 is 1.59 bits per heavy atom. The number of allylic oxidation sites excluding steroid dienone is 2. The summed E-state index contributed by atoms with van der Waals surface area (Å²) >= 11 is 3.30. The molecule has 2 bridgehead atoms. The maximum Gasteiger partial charge on any atom is 0.308 e. The van der Waals surface area contributed by atoms with E-state index < -0.39 is 5.97 Å². The molecule has 3 fully saturated rings. The molecule has 1 aromatic rings. The highest BCUT2D eigenvalue weighted by molar-refractivity contribution is 9.10. The van der Waals surface area contributed by atoms with Crippen LogP contribution >= 0.6 is 15.9 Å². The Labute approximate surface area is 176 Å². The number of hydrogen-bond acceptors (Lipinski definition) is 5. The molecule has 29 heavy (non-hydrogen) atoms. The molecule has 0 aromatic heterocycles. The molecule has 0 N–H and O–H groups in total. The molecule has 7 heteroatoms. The number of halogens is 1. The molecule has 150 valence electrons. The van der Waals surface area contributed by atoms with Gasteiger partial charge in [0.15, 0.2) is 12.4 Å². The highest BCUT2D eigenvalue weighted by atomic mass is 79.9. The van der Waals surface area contributed by atoms with Crippen molar-refractivity contribution in [3.05, 3.63) is 46.5 Å². The summed E-state index contributed by atoms with van der Waals surface area (Å²) in [6, 6.07) is 6.78. The lowest BCUT2D eigenvalue weighted by Crippen LogP contribution is -2.40. The van der Waals surface area contributed by atoms with E-state index in [9.17, 15) is 19.2 Å². The molecule has 6 nitrogen and oxygen atoms in total. The molecule has 2 amide bonds. The van der Waals surface area contributed by atoms with Crippen molar-refractivity contribution in [1.29, 1.82) is 0 Å². The number of ketones is 1. The van der Waals surface area contributed by atoms with Gasteiger partial charge in [0.2, 0.25) is 11.8 Å². The van der Waals surface area contributed by atoms with Crippen LogP contribution < -0.4 is 0 Å². The summed E-state index contributed by atoms with van der Waals surface area (Å²) in [5.74, 6) is -0.240. The predicted octanol–water partition coefficient (Wildman–Crippen LogP) is 2.62. The molecule has 1 saturated heterocycles. The van der Waals surface area contributed by atoms with Gasteiger partial charge in [0.25, 0.3) is 0 Å². The third kappa shape index (κ3) is 3.06. The Hall–Kier alpha value is -2.28. The average Bonchev–Trinajstić information content (AvgIpc) is 3.50. The first-order valence-corrected chi connectivity index (χ1v) is 10.7. The molecule has 1 aliphatic heterocycles. The molecule has 1 heterocycles. The molecule has 6 rings (SSSR count). The topological polar surface area (TPSA) is 80.8 Å². The van der Waals surface area contributed by atoms with Crippen LogP contribution in [-0.4, -0.2) is 41.6 Å². The standard InChI is InChI=1S/C22H20BrNO5/c23-12-3-1-11(2-4-12)17(25)10-29-18(26)7-8-24-21(27)19-13-5-6-14(16-9-15(13)16)20(19)22(24)28/h1-6,13-16,19-20H,7-10H2/t13-,14+,15-,16-,19+,20+/m1/s1. The molecular formula is C22H20BrNO5. The van der Waals surface area contributed by atoms with Gasteiger partial charge in [-0.3, -0.25) is 24.1 Å². The number of nitrogens with zero attached hydrogens (tertiary/aromatic N) is 1. The summed E-state index contributed by atoms with van der Waals surface area (Å²) in [4.78, 5) is 51.1. The van der Waals surface area contributed by atoms with E-state index in [-0.39, 0.29) is 60.8 Å². The Balaban J connectivity index is 1.15. The predicted molar refractivity (Wildman–Crippen MR) is 105 cm³/mol. The number of carbonyl (C=O) groups is 4. The van der Waals surface area contributed by atoms with Crippen LogP contribution in [0.15, 0.2) is 40.9 Å². The van der Waals surface area contributed by atoms with Gasteiger partial charge in [0.05, 0.1) is 18.3 Å². The summed E-state index contributed by atoms with van der Waals surface area (Å²) < 4.78 is 5.91. The highest BCUT2D eigenvalue weighted by Gasteiger charge is 2.66. The number of Topliss-reactive ketones (excluding diaryl/α,β-unsaturated/α-hetero) is 1. The number of benzene rings is 1. The molecule has 1 aromatic carbocycles. The molecule has 0 radical (unpaired) electrons. The van der Waals surface area contributed by atoms with Crippen molar-refractivity contribution >= 4 is 39.5 Å². The van der Waals surface area contributed by atoms with Crippen molar-refractivity contribution in [3.63, 3.8) is 0 Å². The van der Waals surface area contributed by atoms with Crippen LogP contribution in [0.1, 0.15) is 23.2 Å². The van der Waals surface area contributed by atoms with Crippen LogP contribution in [0.2, 0.25) is 0 Å². The van der Waals surface area contributed by atoms with Crippen LogP contribution in [0.3, 0.4) is 0 Å². The van der Waals surface area contributed by atoms with Crippen molar-refractivity contribution in [1.82, 2.24) is 4.90 Å². The molecule has 4 aliphatic carbocycles. The Morgan fingerprint density at radius 1 is 1.00 bits per heavy atom. The normalized spacial score (nSPS) is 33.5. The molecule has 0 unspecified atom stereocenters. The van der Waals surface area contributed by atoms with Gasteiger partial charge in [-0.15, -0.1) is 0 Å². The first kappa shape index (κ1) is 18.7. The fourth-order valence-electron chi connectivity index (χ4n) is 5.38. The van der Waals surface area contributed by atoms with Crippen LogP contribution in [0.25, 0.3) is 0 Å². The van der Waals surface area contributed by atoms with Crippen LogP contribution in [0.5, 0.6) is 0 Å². The molecule has 6 atom stereocenters. The van der Waals surface area contributed by atoms with Gasteiger partial charge >= 0.3 is 5.97 Å². The zero-order valence-corrected chi connectivity index (χ0v) is 17.2. The molecule has 0 spiro atoms. The number of amides is 2. The molecule has 2 saturated carbocycles. The second kappa shape index (κ2) is 6.90. The number of hydrogen-bond donors (Lipinski definition) is 0. The molecule has 5 aliphatic rings. The number of imide groups is 1. The SMILES string of the molecule is O=C(CCN1C(=O)[C@H]2[C@@H]3C=C[C@@H]([C@H]4C[C@H]34)[C@@H]2C1=O)OCC(=O)c1ccc(Br)cc1. The van der Waals surface area contributed by atoms with Crippen molar-refractivity contribution in [3.8, 4) is 0 Å². The number of likely N-dealkylation sites (tertiary alicyclic amines) is 1. The first-order chi connectivity index (χ1) is 14.0. The van der Waals surface area contributed by atoms with Crippen LogP contribution in [-0.2, 0) is 19.1 Å². The minimum atomic E-state index is -0.588. The van der Waals surface area contributed by atoms with Gasteiger partial charge in [-0.05, 0) is 42.2 Å². The maximum absolute atomic E-state index is 12.9. The second-order valence-electron chi connectivity index (χ2n) is 8.32. The van der Waals surface area contributed by atoms with E-state index in [1.807, 2.05) is 0 Å². The number of rotatable bonds is 6. The van der Waals surface area contributed by atoms with Crippen molar-refractivity contribution in [2.24, 2.45) is 35.5 Å². The van der Waals surface area contributed by atoms with Crippen molar-refractivity contribution in [2.45, 2.75) is 12.8 Å². The minimum absolute atomic E-state index is 0.0186. The summed E-state index contributed by atoms with van der Waals surface area (Å²) in [7, 11) is 0. The van der Waals surface area contributed by atoms with E-state index in [1.54, 1.807) is 24.3 Å². The average molecular weight is 458 g/mol. The fourth-order valence-corrected chi connectivity index (χ4v) is 5.64. The van der Waals surface area contributed by atoms with E-state index in [1.165, 1.54) is 4.90 Å². The van der Waals surface area contributed by atoms with Gasteiger partial charge in [-0.25, -0.2) is 0 Å². The monoisotopic (exact) mass is 457 g/mol. The largest absolute Gasteiger partial charge is 0.457 e. The van der Waals surface area contributed by atoms with Gasteiger partial charge < -0.3 is 4.74 Å². The smallest absolute Gasteiger partial charge is 0.308 e. The quantitative estimate of drug-likeness (QED) is 0.284. The minimum Gasteiger partial charge on any atom is -0.457 e. The van der Waals surface area contributed by atoms with E-state index in [2.05, 4.69) is 28.1 Å². The number of ether oxygens (including phenoxy) is 1. The maximum atomic E-state index is 12.9. The van der Waals surface area contributed by atoms with Gasteiger partial charge in [0, 0.05) is 16.6 Å². The lowest BCUT2D eigenvalue weighted by Gasteiger charge is -2.37.